The lowest BCUT2D eigenvalue weighted by molar-refractivity contribution is -0.184. The molecule has 2 fully saturated rings. The van der Waals surface area contributed by atoms with Gasteiger partial charge in [-0.25, -0.2) is 9.18 Å². The van der Waals surface area contributed by atoms with Gasteiger partial charge in [-0.3, -0.25) is 4.90 Å². The third kappa shape index (κ3) is 2.93. The number of carbonyl (C=O) groups is 1. The molecule has 0 saturated heterocycles. The Morgan fingerprint density at radius 1 is 1.40 bits per heavy atom. The molecule has 2 saturated carbocycles. The summed E-state index contributed by atoms with van der Waals surface area (Å²) < 4.78 is 14.9. The Kier molecular flexibility index (Phi) is 4.41. The van der Waals surface area contributed by atoms with Crippen LogP contribution in [0.3, 0.4) is 0 Å². The molecule has 2 aliphatic carbocycles. The van der Waals surface area contributed by atoms with E-state index >= 15 is 0 Å². The number of allylic oxidation sites excluding steroid dienone is 1. The number of para-hydroxylation sites is 1. The summed E-state index contributed by atoms with van der Waals surface area (Å²) >= 11 is 0. The molecule has 5 rings (SSSR count). The molecule has 1 aromatic carbocycles. The van der Waals surface area contributed by atoms with Crippen LogP contribution in [0.5, 0.6) is 0 Å². The van der Waals surface area contributed by atoms with Crippen LogP contribution < -0.4 is 0 Å². The van der Waals surface area contributed by atoms with Crippen LogP contribution in [0.25, 0.3) is 10.9 Å². The van der Waals surface area contributed by atoms with Crippen molar-refractivity contribution in [2.45, 2.75) is 64.2 Å². The Morgan fingerprint density at radius 2 is 2.17 bits per heavy atom. The number of alkyl halides is 1. The van der Waals surface area contributed by atoms with Gasteiger partial charge in [-0.15, -0.1) is 0 Å². The Morgan fingerprint density at radius 3 is 2.80 bits per heavy atom. The fourth-order valence-electron chi connectivity index (χ4n) is 6.66. The summed E-state index contributed by atoms with van der Waals surface area (Å²) in [4.78, 5) is 17.1. The quantitative estimate of drug-likeness (QED) is 0.661. The Balaban J connectivity index is 1.58. The SMILES string of the molecule is CC1Cc2c([nH]c3ccccc23)C(C23CCC2C(/C=C/C(=O)O)C3)N1CC(C)(C)F. The van der Waals surface area contributed by atoms with Crippen LogP contribution in [-0.2, 0) is 11.2 Å². The summed E-state index contributed by atoms with van der Waals surface area (Å²) in [7, 11) is 0. The minimum atomic E-state index is -1.27. The summed E-state index contributed by atoms with van der Waals surface area (Å²) in [6.45, 7) is 5.99. The molecular formula is C25H31FN2O2. The number of aromatic amines is 1. The van der Waals surface area contributed by atoms with Crippen LogP contribution >= 0.6 is 0 Å². The maximum atomic E-state index is 14.9. The average molecular weight is 411 g/mol. The van der Waals surface area contributed by atoms with Gasteiger partial charge in [0, 0.05) is 35.3 Å². The zero-order valence-electron chi connectivity index (χ0n) is 18.0. The fourth-order valence-corrected chi connectivity index (χ4v) is 6.66. The number of fused-ring (bicyclic) bond motifs is 4. The lowest BCUT2D eigenvalue weighted by Crippen LogP contribution is -2.64. The van der Waals surface area contributed by atoms with E-state index in [0.29, 0.717) is 18.4 Å². The van der Waals surface area contributed by atoms with Crippen LogP contribution in [0.1, 0.15) is 57.3 Å². The number of hydrogen-bond donors (Lipinski definition) is 2. The van der Waals surface area contributed by atoms with Crippen molar-refractivity contribution in [3.63, 3.8) is 0 Å². The number of aromatic nitrogens is 1. The number of halogens is 1. The van der Waals surface area contributed by atoms with Crippen molar-refractivity contribution in [2.75, 3.05) is 6.54 Å². The zero-order valence-corrected chi connectivity index (χ0v) is 18.0. The average Bonchev–Trinajstić information content (AvgIpc) is 3.01. The number of aliphatic carboxylic acids is 1. The van der Waals surface area contributed by atoms with E-state index < -0.39 is 11.6 Å². The van der Waals surface area contributed by atoms with E-state index in [1.807, 2.05) is 6.08 Å². The number of rotatable bonds is 5. The van der Waals surface area contributed by atoms with E-state index in [-0.39, 0.29) is 17.5 Å². The van der Waals surface area contributed by atoms with E-state index in [4.69, 9.17) is 5.11 Å². The first kappa shape index (κ1) is 19.8. The summed E-state index contributed by atoms with van der Waals surface area (Å²) in [6.07, 6.45) is 7.34. The van der Waals surface area contributed by atoms with Gasteiger partial charge in [-0.1, -0.05) is 24.3 Å². The molecule has 0 radical (unpaired) electrons. The molecule has 0 amide bonds. The molecule has 0 bridgehead atoms. The summed E-state index contributed by atoms with van der Waals surface area (Å²) in [5.41, 5.74) is 2.67. The van der Waals surface area contributed by atoms with Gasteiger partial charge in [0.05, 0.1) is 6.04 Å². The number of benzene rings is 1. The minimum Gasteiger partial charge on any atom is -0.478 e. The Bertz CT molecular complexity index is 1020. The fraction of sp³-hybridized carbons (Fsp3) is 0.560. The molecule has 2 N–H and O–H groups in total. The summed E-state index contributed by atoms with van der Waals surface area (Å²) in [5, 5.41) is 10.3. The largest absolute Gasteiger partial charge is 0.478 e. The molecule has 5 atom stereocenters. The standard InChI is InChI=1S/C25H31FN2O2/c1-15-12-18-17-6-4-5-7-20(17)27-22(18)23(28(15)14-24(2,3)26)25-11-10-19(25)16(13-25)8-9-21(29)30/h4-9,15-16,19,23,27H,10-14H2,1-3H3,(H,29,30)/b9-8+. The topological polar surface area (TPSA) is 56.3 Å². The van der Waals surface area contributed by atoms with Gasteiger partial charge in [0.15, 0.2) is 0 Å². The maximum Gasteiger partial charge on any atom is 0.327 e. The second-order valence-electron chi connectivity index (χ2n) is 10.4. The maximum absolute atomic E-state index is 14.9. The second-order valence-corrected chi connectivity index (χ2v) is 10.4. The van der Waals surface area contributed by atoms with Crippen LogP contribution in [-0.4, -0.2) is 39.2 Å². The highest BCUT2D eigenvalue weighted by molar-refractivity contribution is 5.85. The van der Waals surface area contributed by atoms with E-state index in [9.17, 15) is 9.18 Å². The van der Waals surface area contributed by atoms with Crippen molar-refractivity contribution >= 4 is 16.9 Å². The first-order valence-corrected chi connectivity index (χ1v) is 11.1. The number of nitrogens with one attached hydrogen (secondary N) is 1. The normalized spacial score (nSPS) is 33.7. The Hall–Kier alpha value is -2.14. The number of H-pyrrole nitrogens is 1. The highest BCUT2D eigenvalue weighted by Gasteiger charge is 2.65. The minimum absolute atomic E-state index is 0.114. The molecule has 2 heterocycles. The Labute approximate surface area is 177 Å². The van der Waals surface area contributed by atoms with Crippen molar-refractivity contribution in [3.05, 3.63) is 47.7 Å². The third-order valence-corrected chi connectivity index (χ3v) is 7.90. The van der Waals surface area contributed by atoms with Gasteiger partial charge >= 0.3 is 5.97 Å². The molecule has 2 aromatic rings. The van der Waals surface area contributed by atoms with Crippen LogP contribution in [0.15, 0.2) is 36.4 Å². The first-order chi connectivity index (χ1) is 14.2. The van der Waals surface area contributed by atoms with E-state index in [2.05, 4.69) is 41.1 Å². The van der Waals surface area contributed by atoms with Crippen molar-refractivity contribution in [3.8, 4) is 0 Å². The first-order valence-electron chi connectivity index (χ1n) is 11.1. The lowest BCUT2D eigenvalue weighted by Gasteiger charge is -2.69. The van der Waals surface area contributed by atoms with Crippen LogP contribution in [0.4, 0.5) is 4.39 Å². The summed E-state index contributed by atoms with van der Waals surface area (Å²) in [6, 6.07) is 8.90. The van der Waals surface area contributed by atoms with Crippen molar-refractivity contribution < 1.29 is 14.3 Å². The van der Waals surface area contributed by atoms with Gasteiger partial charge in [-0.05, 0) is 75.3 Å². The smallest absolute Gasteiger partial charge is 0.327 e. The molecular weight excluding hydrogens is 379 g/mol. The zero-order chi connectivity index (χ0) is 21.3. The van der Waals surface area contributed by atoms with Gasteiger partial charge in [-0.2, -0.15) is 0 Å². The second kappa shape index (κ2) is 6.68. The third-order valence-electron chi connectivity index (χ3n) is 7.90. The molecule has 160 valence electrons. The van der Waals surface area contributed by atoms with Crippen LogP contribution in [0.2, 0.25) is 0 Å². The molecule has 1 aliphatic heterocycles. The van der Waals surface area contributed by atoms with Gasteiger partial charge in [0.25, 0.3) is 0 Å². The molecule has 3 aliphatic rings. The van der Waals surface area contributed by atoms with Crippen molar-refractivity contribution in [2.24, 2.45) is 17.3 Å². The monoisotopic (exact) mass is 410 g/mol. The van der Waals surface area contributed by atoms with E-state index in [0.717, 1.165) is 31.2 Å². The molecule has 1 aromatic heterocycles. The number of carboxylic acids is 1. The van der Waals surface area contributed by atoms with Crippen LogP contribution in [0, 0.1) is 17.3 Å². The molecule has 5 unspecified atom stereocenters. The highest BCUT2D eigenvalue weighted by Crippen LogP contribution is 2.71. The van der Waals surface area contributed by atoms with Gasteiger partial charge in [0.2, 0.25) is 0 Å². The molecule has 4 nitrogen and oxygen atoms in total. The van der Waals surface area contributed by atoms with Crippen molar-refractivity contribution in [1.82, 2.24) is 9.88 Å². The lowest BCUT2D eigenvalue weighted by atomic mass is 9.39. The molecule has 0 spiro atoms. The highest BCUT2D eigenvalue weighted by atomic mass is 19.1. The predicted octanol–water partition coefficient (Wildman–Crippen LogP) is 5.26. The van der Waals surface area contributed by atoms with E-state index in [1.54, 1.807) is 13.8 Å². The number of nitrogens with zero attached hydrogens (tertiary/aromatic N) is 1. The van der Waals surface area contributed by atoms with Gasteiger partial charge in [0.1, 0.15) is 5.67 Å². The predicted molar refractivity (Wildman–Crippen MR) is 116 cm³/mol. The number of carboxylic acid groups (broad SMARTS) is 1. The van der Waals surface area contributed by atoms with E-state index in [1.165, 1.54) is 22.7 Å². The molecule has 5 heteroatoms. The molecule has 30 heavy (non-hydrogen) atoms. The number of hydrogen-bond acceptors (Lipinski definition) is 2. The summed E-state index contributed by atoms with van der Waals surface area (Å²) in [5.74, 6) is -0.0788. The van der Waals surface area contributed by atoms with Gasteiger partial charge < -0.3 is 10.1 Å². The van der Waals surface area contributed by atoms with Crippen molar-refractivity contribution in [1.29, 1.82) is 0 Å².